The van der Waals surface area contributed by atoms with Gasteiger partial charge >= 0.3 is 0 Å². The normalized spacial score (nSPS) is 22.1. The molecule has 0 unspecified atom stereocenters. The highest BCUT2D eigenvalue weighted by molar-refractivity contribution is 5.63. The molecule has 1 saturated carbocycles. The third kappa shape index (κ3) is 2.58. The number of hydrogen-bond donors (Lipinski definition) is 0. The molecule has 2 aromatic rings. The highest BCUT2D eigenvalue weighted by Crippen LogP contribution is 2.42. The summed E-state index contributed by atoms with van der Waals surface area (Å²) in [6.07, 6.45) is 5.93. The molecule has 116 valence electrons. The number of rotatable bonds is 2. The summed E-state index contributed by atoms with van der Waals surface area (Å²) in [6, 6.07) is 7.20. The summed E-state index contributed by atoms with van der Waals surface area (Å²) in [5, 5.41) is 0. The molecule has 1 aliphatic rings. The average Bonchev–Trinajstić information content (AvgIpc) is 3.01. The van der Waals surface area contributed by atoms with Gasteiger partial charge in [0.05, 0.1) is 0 Å². The van der Waals surface area contributed by atoms with Crippen LogP contribution in [0.5, 0.6) is 0 Å². The summed E-state index contributed by atoms with van der Waals surface area (Å²) in [5.74, 6) is 0. The van der Waals surface area contributed by atoms with Crippen LogP contribution in [0.3, 0.4) is 0 Å². The Kier molecular flexibility index (Phi) is 2.39. The maximum absolute atomic E-state index is 8.03. The molecule has 1 fully saturated rings. The second-order valence-electron chi connectivity index (χ2n) is 6.89. The maximum Gasteiger partial charge on any atom is 0.212 e. The molecule has 0 bridgehead atoms. The first kappa shape index (κ1) is 9.50. The molecule has 0 spiro atoms. The van der Waals surface area contributed by atoms with Crippen molar-refractivity contribution in [2.45, 2.75) is 58.6 Å². The Labute approximate surface area is 143 Å². The maximum atomic E-state index is 8.03. The van der Waals surface area contributed by atoms with E-state index in [1.54, 1.807) is 18.3 Å². The van der Waals surface area contributed by atoms with Gasteiger partial charge in [-0.25, -0.2) is 4.57 Å². The minimum absolute atomic E-state index is 0.140. The summed E-state index contributed by atoms with van der Waals surface area (Å²) in [7, 11) is 1.85. The van der Waals surface area contributed by atoms with Crippen LogP contribution < -0.4 is 4.57 Å². The molecule has 22 heavy (non-hydrogen) atoms. The molecular weight excluding hydrogens is 266 g/mol. The van der Waals surface area contributed by atoms with Gasteiger partial charge in [-0.05, 0) is 56.1 Å². The van der Waals surface area contributed by atoms with E-state index in [0.29, 0.717) is 11.1 Å². The number of hydrogen-bond acceptors (Lipinski definition) is 0. The van der Waals surface area contributed by atoms with Gasteiger partial charge in [-0.15, -0.1) is 0 Å². The zero-order valence-electron chi connectivity index (χ0n) is 19.7. The van der Waals surface area contributed by atoms with E-state index in [1.165, 1.54) is 0 Å². The Morgan fingerprint density at radius 1 is 1.09 bits per heavy atom. The molecule has 1 aromatic carbocycles. The van der Waals surface area contributed by atoms with Crippen molar-refractivity contribution in [2.24, 2.45) is 7.05 Å². The summed E-state index contributed by atoms with van der Waals surface area (Å²) >= 11 is 0. The SMILES string of the molecule is [2H]C([2H])([2H])c1ccc(-c2cc(C3(C)CCCC3)c(C([2H])([2H])[2H])c[n+]2C)c(C)c1. The predicted octanol–water partition coefficient (Wildman–Crippen LogP) is 4.94. The fourth-order valence-electron chi connectivity index (χ4n) is 3.79. The molecule has 1 heterocycles. The van der Waals surface area contributed by atoms with Gasteiger partial charge in [0.15, 0.2) is 6.20 Å². The summed E-state index contributed by atoms with van der Waals surface area (Å²) in [6.45, 7) is -0.241. The fraction of sp³-hybridized carbons (Fsp3) is 0.476. The molecule has 1 heteroatoms. The monoisotopic (exact) mass is 300 g/mol. The minimum atomic E-state index is -2.17. The third-order valence-corrected chi connectivity index (χ3v) is 5.13. The van der Waals surface area contributed by atoms with Crippen molar-refractivity contribution >= 4 is 0 Å². The minimum Gasteiger partial charge on any atom is -0.201 e. The predicted molar refractivity (Wildman–Crippen MR) is 93.1 cm³/mol. The van der Waals surface area contributed by atoms with Gasteiger partial charge < -0.3 is 0 Å². The highest BCUT2D eigenvalue weighted by atomic mass is 14.9. The van der Waals surface area contributed by atoms with E-state index in [0.717, 1.165) is 48.1 Å². The fourth-order valence-corrected chi connectivity index (χ4v) is 3.79. The van der Waals surface area contributed by atoms with E-state index in [9.17, 15) is 0 Å². The van der Waals surface area contributed by atoms with Crippen molar-refractivity contribution in [1.82, 2.24) is 0 Å². The smallest absolute Gasteiger partial charge is 0.201 e. The summed E-state index contributed by atoms with van der Waals surface area (Å²) in [5.41, 5.74) is 4.20. The molecule has 0 aliphatic heterocycles. The van der Waals surface area contributed by atoms with E-state index in [-0.39, 0.29) is 5.41 Å². The lowest BCUT2D eigenvalue weighted by atomic mass is 9.78. The van der Waals surface area contributed by atoms with Crippen LogP contribution in [0, 0.1) is 20.6 Å². The largest absolute Gasteiger partial charge is 0.212 e. The number of nitrogens with zero attached hydrogens (tertiary/aromatic N) is 1. The zero-order chi connectivity index (χ0) is 20.9. The van der Waals surface area contributed by atoms with Gasteiger partial charge in [-0.2, -0.15) is 0 Å². The summed E-state index contributed by atoms with van der Waals surface area (Å²) < 4.78 is 48.8. The second kappa shape index (κ2) is 5.53. The number of aryl methyl sites for hydroxylation is 4. The van der Waals surface area contributed by atoms with Gasteiger partial charge in [0, 0.05) is 25.4 Å². The average molecular weight is 300 g/mol. The molecule has 0 atom stereocenters. The van der Waals surface area contributed by atoms with Gasteiger partial charge in [-0.1, -0.05) is 37.5 Å². The van der Waals surface area contributed by atoms with Gasteiger partial charge in [0.1, 0.15) is 7.05 Å². The lowest BCUT2D eigenvalue weighted by Crippen LogP contribution is -2.33. The molecule has 1 aromatic heterocycles. The highest BCUT2D eigenvalue weighted by Gasteiger charge is 2.33. The van der Waals surface area contributed by atoms with Crippen LogP contribution in [-0.2, 0) is 12.5 Å². The van der Waals surface area contributed by atoms with Crippen LogP contribution in [-0.4, -0.2) is 0 Å². The van der Waals surface area contributed by atoms with Crippen LogP contribution in [0.25, 0.3) is 11.3 Å². The quantitative estimate of drug-likeness (QED) is 0.692. The number of benzene rings is 1. The van der Waals surface area contributed by atoms with E-state index < -0.39 is 13.7 Å². The van der Waals surface area contributed by atoms with Crippen LogP contribution >= 0.6 is 0 Å². The standard InChI is InChI=1S/C21H28N/c1-15-8-9-18(16(2)12-15)20-13-19(17(3)14-22(20)5)21(4)10-6-7-11-21/h8-9,12-14H,6-7,10-11H2,1-5H3/q+1/i1D3,3D3. The van der Waals surface area contributed by atoms with Crippen molar-refractivity contribution in [1.29, 1.82) is 0 Å². The Morgan fingerprint density at radius 3 is 2.50 bits per heavy atom. The lowest BCUT2D eigenvalue weighted by molar-refractivity contribution is -0.660. The van der Waals surface area contributed by atoms with Crippen LogP contribution in [0.2, 0.25) is 0 Å². The number of pyridine rings is 1. The van der Waals surface area contributed by atoms with Crippen molar-refractivity contribution < 1.29 is 12.8 Å². The lowest BCUT2D eigenvalue weighted by Gasteiger charge is -2.26. The molecule has 3 rings (SSSR count). The van der Waals surface area contributed by atoms with Crippen LogP contribution in [0.4, 0.5) is 0 Å². The van der Waals surface area contributed by atoms with Crippen molar-refractivity contribution in [3.8, 4) is 11.3 Å². The van der Waals surface area contributed by atoms with Crippen molar-refractivity contribution in [3.63, 3.8) is 0 Å². The molecule has 0 radical (unpaired) electrons. The molecule has 1 nitrogen and oxygen atoms in total. The second-order valence-corrected chi connectivity index (χ2v) is 6.89. The zero-order valence-corrected chi connectivity index (χ0v) is 13.7. The third-order valence-electron chi connectivity index (χ3n) is 5.13. The van der Waals surface area contributed by atoms with Gasteiger partial charge in [-0.3, -0.25) is 0 Å². The topological polar surface area (TPSA) is 3.88 Å². The van der Waals surface area contributed by atoms with Gasteiger partial charge in [0.2, 0.25) is 5.69 Å². The first-order chi connectivity index (χ1) is 12.8. The molecule has 0 amide bonds. The Balaban J connectivity index is 2.21. The van der Waals surface area contributed by atoms with Crippen LogP contribution in [0.1, 0.15) is 63.1 Å². The Morgan fingerprint density at radius 2 is 1.86 bits per heavy atom. The van der Waals surface area contributed by atoms with E-state index in [4.69, 9.17) is 8.22 Å². The van der Waals surface area contributed by atoms with Crippen LogP contribution in [0.15, 0.2) is 30.5 Å². The van der Waals surface area contributed by atoms with E-state index in [2.05, 4.69) is 6.92 Å². The van der Waals surface area contributed by atoms with E-state index >= 15 is 0 Å². The first-order valence-corrected chi connectivity index (χ1v) is 7.99. The molecule has 0 N–H and O–H groups in total. The van der Waals surface area contributed by atoms with Crippen molar-refractivity contribution in [2.75, 3.05) is 0 Å². The number of aromatic nitrogens is 1. The van der Waals surface area contributed by atoms with Crippen molar-refractivity contribution in [3.05, 3.63) is 52.7 Å². The molecular formula is C21H28N+. The molecule has 0 saturated heterocycles. The molecule has 1 aliphatic carbocycles. The van der Waals surface area contributed by atoms with E-state index in [1.807, 2.05) is 30.7 Å². The first-order valence-electron chi connectivity index (χ1n) is 11.0. The van der Waals surface area contributed by atoms with Gasteiger partial charge in [0.25, 0.3) is 0 Å². The Bertz CT molecular complexity index is 889. The Hall–Kier alpha value is -1.63. The summed E-state index contributed by atoms with van der Waals surface area (Å²) in [4.78, 5) is 0.